The molecule has 2 rings (SSSR count). The number of benzene rings is 1. The minimum Gasteiger partial charge on any atom is -0.473 e. The third-order valence-electron chi connectivity index (χ3n) is 2.36. The van der Waals surface area contributed by atoms with Gasteiger partial charge in [0.25, 0.3) is 0 Å². The molecule has 0 fully saturated rings. The standard InChI is InChI=1S/C13H10BrF2NO/c1-8-2-3-9(11(16)6-8)7-18-12-5-4-10(15)13(14)17-12/h2-6H,7H2,1H3. The molecule has 0 aliphatic carbocycles. The van der Waals surface area contributed by atoms with Crippen molar-refractivity contribution in [2.45, 2.75) is 13.5 Å². The Hall–Kier alpha value is -1.49. The Balaban J connectivity index is 2.09. The summed E-state index contributed by atoms with van der Waals surface area (Å²) in [5.41, 5.74) is 1.28. The van der Waals surface area contributed by atoms with Crippen LogP contribution in [-0.2, 0) is 6.61 Å². The molecular formula is C13H10BrF2NO. The van der Waals surface area contributed by atoms with Crippen molar-refractivity contribution >= 4 is 15.9 Å². The maximum absolute atomic E-state index is 13.5. The Morgan fingerprint density at radius 3 is 2.61 bits per heavy atom. The molecule has 0 radical (unpaired) electrons. The molecule has 18 heavy (non-hydrogen) atoms. The highest BCUT2D eigenvalue weighted by Crippen LogP contribution is 2.18. The molecule has 1 heterocycles. The van der Waals surface area contributed by atoms with Gasteiger partial charge in [0.05, 0.1) is 0 Å². The minimum absolute atomic E-state index is 0.0528. The van der Waals surface area contributed by atoms with Crippen molar-refractivity contribution < 1.29 is 13.5 Å². The predicted molar refractivity (Wildman–Crippen MR) is 67.4 cm³/mol. The lowest BCUT2D eigenvalue weighted by Crippen LogP contribution is -2.00. The third-order valence-corrected chi connectivity index (χ3v) is 2.92. The summed E-state index contributed by atoms with van der Waals surface area (Å²) in [7, 11) is 0. The van der Waals surface area contributed by atoms with Crippen molar-refractivity contribution in [3.8, 4) is 5.88 Å². The van der Waals surface area contributed by atoms with E-state index in [1.165, 1.54) is 18.2 Å². The summed E-state index contributed by atoms with van der Waals surface area (Å²) in [6.07, 6.45) is 0. The van der Waals surface area contributed by atoms with Crippen molar-refractivity contribution in [2.24, 2.45) is 0 Å². The van der Waals surface area contributed by atoms with Crippen LogP contribution in [-0.4, -0.2) is 4.98 Å². The monoisotopic (exact) mass is 313 g/mol. The topological polar surface area (TPSA) is 22.1 Å². The van der Waals surface area contributed by atoms with Gasteiger partial charge in [-0.15, -0.1) is 0 Å². The smallest absolute Gasteiger partial charge is 0.214 e. The van der Waals surface area contributed by atoms with E-state index < -0.39 is 5.82 Å². The molecule has 0 atom stereocenters. The van der Waals surface area contributed by atoms with E-state index >= 15 is 0 Å². The number of rotatable bonds is 3. The average molecular weight is 314 g/mol. The molecule has 1 aromatic heterocycles. The highest BCUT2D eigenvalue weighted by Gasteiger charge is 2.06. The van der Waals surface area contributed by atoms with Gasteiger partial charge in [-0.3, -0.25) is 0 Å². The lowest BCUT2D eigenvalue weighted by molar-refractivity contribution is 0.286. The number of aromatic nitrogens is 1. The second-order valence-corrected chi connectivity index (χ2v) is 4.56. The predicted octanol–water partition coefficient (Wildman–Crippen LogP) is 4.01. The Morgan fingerprint density at radius 2 is 1.94 bits per heavy atom. The number of ether oxygens (including phenoxy) is 1. The van der Waals surface area contributed by atoms with Gasteiger partial charge < -0.3 is 4.74 Å². The van der Waals surface area contributed by atoms with Crippen LogP contribution in [0.1, 0.15) is 11.1 Å². The summed E-state index contributed by atoms with van der Waals surface area (Å²) in [5.74, 6) is -0.553. The molecule has 0 bridgehead atoms. The normalized spacial score (nSPS) is 10.4. The minimum atomic E-state index is -0.469. The van der Waals surface area contributed by atoms with Crippen molar-refractivity contribution in [1.82, 2.24) is 4.98 Å². The molecule has 0 aliphatic heterocycles. The summed E-state index contributed by atoms with van der Waals surface area (Å²) >= 11 is 2.96. The van der Waals surface area contributed by atoms with Gasteiger partial charge >= 0.3 is 0 Å². The molecule has 0 amide bonds. The molecule has 0 spiro atoms. The quantitative estimate of drug-likeness (QED) is 0.799. The molecule has 0 saturated carbocycles. The second kappa shape index (κ2) is 5.44. The zero-order chi connectivity index (χ0) is 13.1. The molecule has 94 valence electrons. The molecular weight excluding hydrogens is 304 g/mol. The first kappa shape index (κ1) is 13.0. The lowest BCUT2D eigenvalue weighted by Gasteiger charge is -2.07. The Bertz CT molecular complexity index is 575. The van der Waals surface area contributed by atoms with Gasteiger partial charge in [-0.2, -0.15) is 0 Å². The summed E-state index contributed by atoms with van der Waals surface area (Å²) < 4.78 is 31.8. The van der Waals surface area contributed by atoms with Gasteiger partial charge in [0.2, 0.25) is 5.88 Å². The van der Waals surface area contributed by atoms with Crippen LogP contribution in [0.3, 0.4) is 0 Å². The van der Waals surface area contributed by atoms with Crippen molar-refractivity contribution in [3.63, 3.8) is 0 Å². The number of halogens is 3. The molecule has 0 N–H and O–H groups in total. The fourth-order valence-corrected chi connectivity index (χ4v) is 1.71. The molecule has 2 aromatic rings. The van der Waals surface area contributed by atoms with E-state index in [0.717, 1.165) is 5.56 Å². The van der Waals surface area contributed by atoms with Crippen LogP contribution >= 0.6 is 15.9 Å². The zero-order valence-electron chi connectivity index (χ0n) is 9.58. The van der Waals surface area contributed by atoms with Crippen LogP contribution in [0, 0.1) is 18.6 Å². The van der Waals surface area contributed by atoms with E-state index in [9.17, 15) is 8.78 Å². The van der Waals surface area contributed by atoms with E-state index in [1.807, 2.05) is 6.92 Å². The first-order chi connectivity index (χ1) is 8.56. The Kier molecular flexibility index (Phi) is 3.91. The van der Waals surface area contributed by atoms with Gasteiger partial charge in [0, 0.05) is 11.6 Å². The van der Waals surface area contributed by atoms with Gasteiger partial charge in [-0.1, -0.05) is 12.1 Å². The lowest BCUT2D eigenvalue weighted by atomic mass is 10.1. The number of nitrogens with zero attached hydrogens (tertiary/aromatic N) is 1. The summed E-state index contributed by atoms with van der Waals surface area (Å²) in [6, 6.07) is 7.52. The number of hydrogen-bond donors (Lipinski definition) is 0. The van der Waals surface area contributed by atoms with Crippen LogP contribution in [0.4, 0.5) is 8.78 Å². The third kappa shape index (κ3) is 3.04. The average Bonchev–Trinajstić information content (AvgIpc) is 2.32. The fourth-order valence-electron chi connectivity index (χ4n) is 1.40. The molecule has 0 aliphatic rings. The van der Waals surface area contributed by atoms with Crippen molar-refractivity contribution in [3.05, 3.63) is 57.7 Å². The maximum Gasteiger partial charge on any atom is 0.214 e. The summed E-state index contributed by atoms with van der Waals surface area (Å²) in [5, 5.41) is 0. The Morgan fingerprint density at radius 1 is 1.17 bits per heavy atom. The van der Waals surface area contributed by atoms with E-state index in [2.05, 4.69) is 20.9 Å². The van der Waals surface area contributed by atoms with E-state index in [-0.39, 0.29) is 22.9 Å². The highest BCUT2D eigenvalue weighted by molar-refractivity contribution is 9.10. The largest absolute Gasteiger partial charge is 0.473 e. The van der Waals surface area contributed by atoms with Crippen molar-refractivity contribution in [1.29, 1.82) is 0 Å². The Labute approximate surface area is 112 Å². The zero-order valence-corrected chi connectivity index (χ0v) is 11.2. The number of aryl methyl sites for hydroxylation is 1. The van der Waals surface area contributed by atoms with E-state index in [1.54, 1.807) is 12.1 Å². The van der Waals surface area contributed by atoms with Crippen molar-refractivity contribution in [2.75, 3.05) is 0 Å². The highest BCUT2D eigenvalue weighted by atomic mass is 79.9. The van der Waals surface area contributed by atoms with Gasteiger partial charge in [-0.25, -0.2) is 13.8 Å². The summed E-state index contributed by atoms with van der Waals surface area (Å²) in [6.45, 7) is 1.86. The van der Waals surface area contributed by atoms with E-state index in [4.69, 9.17) is 4.74 Å². The van der Waals surface area contributed by atoms with Crippen LogP contribution in [0.2, 0.25) is 0 Å². The van der Waals surface area contributed by atoms with Crippen LogP contribution < -0.4 is 4.74 Å². The van der Waals surface area contributed by atoms with Gasteiger partial charge in [0.15, 0.2) is 5.82 Å². The molecule has 2 nitrogen and oxygen atoms in total. The first-order valence-electron chi connectivity index (χ1n) is 5.26. The number of hydrogen-bond acceptors (Lipinski definition) is 2. The SMILES string of the molecule is Cc1ccc(COc2ccc(F)c(Br)n2)c(F)c1. The van der Waals surface area contributed by atoms with E-state index in [0.29, 0.717) is 5.56 Å². The second-order valence-electron chi connectivity index (χ2n) is 3.81. The molecule has 0 unspecified atom stereocenters. The van der Waals surface area contributed by atoms with Crippen LogP contribution in [0.5, 0.6) is 5.88 Å². The van der Waals surface area contributed by atoms with Crippen LogP contribution in [0.25, 0.3) is 0 Å². The maximum atomic E-state index is 13.5. The molecule has 0 saturated heterocycles. The fraction of sp³-hybridized carbons (Fsp3) is 0.154. The molecule has 5 heteroatoms. The van der Waals surface area contributed by atoms with Crippen LogP contribution in [0.15, 0.2) is 34.9 Å². The molecule has 1 aromatic carbocycles. The summed E-state index contributed by atoms with van der Waals surface area (Å²) in [4.78, 5) is 3.83. The van der Waals surface area contributed by atoms with Gasteiger partial charge in [0.1, 0.15) is 17.0 Å². The number of pyridine rings is 1. The van der Waals surface area contributed by atoms with Gasteiger partial charge in [-0.05, 0) is 40.5 Å². The first-order valence-corrected chi connectivity index (χ1v) is 6.05.